The summed E-state index contributed by atoms with van der Waals surface area (Å²) in [6, 6.07) is 14.5. The highest BCUT2D eigenvalue weighted by Crippen LogP contribution is 2.20. The van der Waals surface area contributed by atoms with Crippen molar-refractivity contribution in [2.75, 3.05) is 12.4 Å². The topological polar surface area (TPSA) is 95.1 Å². The van der Waals surface area contributed by atoms with E-state index in [1.807, 2.05) is 24.3 Å². The van der Waals surface area contributed by atoms with E-state index in [9.17, 15) is 4.79 Å². The normalized spacial score (nSPS) is 10.6. The summed E-state index contributed by atoms with van der Waals surface area (Å²) in [7, 11) is 1.62. The standard InChI is InChI=1S/C20H17N5O3/c1-27-16-8-6-14(7-9-16)12-22-20-23-18(17-5-3-11-28-17)24-25(20)19(26)15-4-2-10-21-13-15/h2-11,13H,12H2,1H3,(H,22,23,24). The molecular formula is C20H17N5O3. The van der Waals surface area contributed by atoms with Crippen molar-refractivity contribution in [3.8, 4) is 17.3 Å². The first-order valence-electron chi connectivity index (χ1n) is 8.57. The lowest BCUT2D eigenvalue weighted by Crippen LogP contribution is -2.17. The van der Waals surface area contributed by atoms with Gasteiger partial charge in [0, 0.05) is 18.9 Å². The first-order valence-corrected chi connectivity index (χ1v) is 8.57. The minimum atomic E-state index is -0.337. The zero-order valence-electron chi connectivity index (χ0n) is 15.1. The van der Waals surface area contributed by atoms with Gasteiger partial charge in [0.15, 0.2) is 5.76 Å². The predicted molar refractivity (Wildman–Crippen MR) is 102 cm³/mol. The number of anilines is 1. The zero-order chi connectivity index (χ0) is 19.3. The summed E-state index contributed by atoms with van der Waals surface area (Å²) in [5.74, 6) is 1.55. The molecule has 0 atom stereocenters. The molecule has 28 heavy (non-hydrogen) atoms. The van der Waals surface area contributed by atoms with Crippen molar-refractivity contribution in [3.05, 3.63) is 78.3 Å². The van der Waals surface area contributed by atoms with Gasteiger partial charge in [-0.05, 0) is 42.0 Å². The quantitative estimate of drug-likeness (QED) is 0.553. The summed E-state index contributed by atoms with van der Waals surface area (Å²) in [6.07, 6.45) is 4.63. The number of aromatic nitrogens is 4. The molecule has 8 nitrogen and oxygen atoms in total. The fourth-order valence-corrected chi connectivity index (χ4v) is 2.61. The number of hydrogen-bond donors (Lipinski definition) is 1. The van der Waals surface area contributed by atoms with E-state index in [-0.39, 0.29) is 5.91 Å². The second-order valence-corrected chi connectivity index (χ2v) is 5.90. The van der Waals surface area contributed by atoms with Crippen LogP contribution in [-0.4, -0.2) is 32.8 Å². The fourth-order valence-electron chi connectivity index (χ4n) is 2.61. The summed E-state index contributed by atoms with van der Waals surface area (Å²) in [5, 5.41) is 7.49. The summed E-state index contributed by atoms with van der Waals surface area (Å²) >= 11 is 0. The SMILES string of the molecule is COc1ccc(CNc2nc(-c3ccco3)nn2C(=O)c2cccnc2)cc1. The molecule has 3 heterocycles. The molecular weight excluding hydrogens is 358 g/mol. The molecule has 0 aliphatic rings. The fraction of sp³-hybridized carbons (Fsp3) is 0.100. The third kappa shape index (κ3) is 3.61. The van der Waals surface area contributed by atoms with Crippen LogP contribution in [0, 0.1) is 0 Å². The molecule has 0 saturated heterocycles. The predicted octanol–water partition coefficient (Wildman–Crippen LogP) is 3.24. The molecule has 0 amide bonds. The van der Waals surface area contributed by atoms with Gasteiger partial charge in [0.1, 0.15) is 5.75 Å². The van der Waals surface area contributed by atoms with Crippen molar-refractivity contribution in [2.24, 2.45) is 0 Å². The van der Waals surface area contributed by atoms with Crippen LogP contribution >= 0.6 is 0 Å². The zero-order valence-corrected chi connectivity index (χ0v) is 15.1. The summed E-state index contributed by atoms with van der Waals surface area (Å²) in [4.78, 5) is 21.3. The van der Waals surface area contributed by atoms with Gasteiger partial charge in [0.25, 0.3) is 5.91 Å². The Labute approximate surface area is 160 Å². The Kier molecular flexibility index (Phi) is 4.83. The first-order chi connectivity index (χ1) is 13.7. The Hall–Kier alpha value is -3.94. The molecule has 4 rings (SSSR count). The molecule has 4 aromatic rings. The van der Waals surface area contributed by atoms with Crippen LogP contribution in [-0.2, 0) is 6.54 Å². The van der Waals surface area contributed by atoms with E-state index in [0.29, 0.717) is 29.6 Å². The van der Waals surface area contributed by atoms with Crippen LogP contribution in [0.4, 0.5) is 5.95 Å². The van der Waals surface area contributed by atoms with Crippen LogP contribution in [0.25, 0.3) is 11.6 Å². The number of benzene rings is 1. The molecule has 0 spiro atoms. The average molecular weight is 375 g/mol. The van der Waals surface area contributed by atoms with Gasteiger partial charge in [0.05, 0.1) is 18.9 Å². The molecule has 0 fully saturated rings. The maximum absolute atomic E-state index is 12.9. The smallest absolute Gasteiger partial charge is 0.282 e. The maximum Gasteiger partial charge on any atom is 0.282 e. The van der Waals surface area contributed by atoms with Crippen LogP contribution < -0.4 is 10.1 Å². The van der Waals surface area contributed by atoms with E-state index in [0.717, 1.165) is 11.3 Å². The highest BCUT2D eigenvalue weighted by molar-refractivity contribution is 5.96. The number of ether oxygens (including phenoxy) is 1. The summed E-state index contributed by atoms with van der Waals surface area (Å²) < 4.78 is 11.7. The number of hydrogen-bond acceptors (Lipinski definition) is 7. The monoisotopic (exact) mass is 375 g/mol. The molecule has 8 heteroatoms. The minimum absolute atomic E-state index is 0.316. The van der Waals surface area contributed by atoms with Crippen molar-refractivity contribution in [2.45, 2.75) is 6.54 Å². The Morgan fingerprint density at radius 2 is 2.04 bits per heavy atom. The first kappa shape index (κ1) is 17.5. The van der Waals surface area contributed by atoms with E-state index in [1.165, 1.54) is 17.1 Å². The van der Waals surface area contributed by atoms with Gasteiger partial charge in [-0.15, -0.1) is 5.10 Å². The van der Waals surface area contributed by atoms with Crippen molar-refractivity contribution in [3.63, 3.8) is 0 Å². The van der Waals surface area contributed by atoms with Gasteiger partial charge in [-0.2, -0.15) is 9.67 Å². The minimum Gasteiger partial charge on any atom is -0.497 e. The van der Waals surface area contributed by atoms with Gasteiger partial charge in [0.2, 0.25) is 11.8 Å². The van der Waals surface area contributed by atoms with Crippen molar-refractivity contribution >= 4 is 11.9 Å². The highest BCUT2D eigenvalue weighted by atomic mass is 16.5. The molecule has 0 unspecified atom stereocenters. The van der Waals surface area contributed by atoms with E-state index < -0.39 is 0 Å². The Balaban J connectivity index is 1.63. The van der Waals surface area contributed by atoms with Crippen molar-refractivity contribution in [1.29, 1.82) is 0 Å². The number of rotatable bonds is 6. The van der Waals surface area contributed by atoms with Gasteiger partial charge in [-0.25, -0.2) is 0 Å². The maximum atomic E-state index is 12.9. The summed E-state index contributed by atoms with van der Waals surface area (Å²) in [5.41, 5.74) is 1.41. The third-order valence-electron chi connectivity index (χ3n) is 4.06. The molecule has 3 aromatic heterocycles. The molecule has 0 aliphatic heterocycles. The lowest BCUT2D eigenvalue weighted by atomic mass is 10.2. The largest absolute Gasteiger partial charge is 0.497 e. The van der Waals surface area contributed by atoms with E-state index >= 15 is 0 Å². The second kappa shape index (κ2) is 7.75. The third-order valence-corrected chi connectivity index (χ3v) is 4.06. The average Bonchev–Trinajstić information content (AvgIpc) is 3.42. The lowest BCUT2D eigenvalue weighted by Gasteiger charge is -2.08. The summed E-state index contributed by atoms with van der Waals surface area (Å²) in [6.45, 7) is 0.459. The number of carbonyl (C=O) groups is 1. The van der Waals surface area contributed by atoms with Gasteiger partial charge in [-0.3, -0.25) is 9.78 Å². The van der Waals surface area contributed by atoms with Crippen LogP contribution in [0.15, 0.2) is 71.6 Å². The second-order valence-electron chi connectivity index (χ2n) is 5.90. The van der Waals surface area contributed by atoms with Crippen LogP contribution in [0.3, 0.4) is 0 Å². The van der Waals surface area contributed by atoms with Gasteiger partial charge in [-0.1, -0.05) is 12.1 Å². The van der Waals surface area contributed by atoms with Crippen LogP contribution in [0.5, 0.6) is 5.75 Å². The van der Waals surface area contributed by atoms with Crippen LogP contribution in [0.1, 0.15) is 15.9 Å². The lowest BCUT2D eigenvalue weighted by molar-refractivity contribution is 0.0947. The molecule has 0 radical (unpaired) electrons. The molecule has 0 bridgehead atoms. The number of carbonyl (C=O) groups excluding carboxylic acids is 1. The Bertz CT molecular complexity index is 1060. The number of nitrogens with one attached hydrogen (secondary N) is 1. The number of furan rings is 1. The van der Waals surface area contributed by atoms with Gasteiger partial charge >= 0.3 is 0 Å². The van der Waals surface area contributed by atoms with E-state index in [4.69, 9.17) is 9.15 Å². The van der Waals surface area contributed by atoms with Crippen LogP contribution in [0.2, 0.25) is 0 Å². The van der Waals surface area contributed by atoms with E-state index in [1.54, 1.807) is 37.6 Å². The number of nitrogens with zero attached hydrogens (tertiary/aromatic N) is 4. The Morgan fingerprint density at radius 3 is 2.71 bits per heavy atom. The Morgan fingerprint density at radius 1 is 1.18 bits per heavy atom. The molecule has 0 saturated carbocycles. The molecule has 0 aliphatic carbocycles. The van der Waals surface area contributed by atoms with Crippen molar-refractivity contribution < 1.29 is 13.9 Å². The number of pyridine rings is 1. The van der Waals surface area contributed by atoms with Crippen molar-refractivity contribution in [1.82, 2.24) is 19.7 Å². The molecule has 1 N–H and O–H groups in total. The highest BCUT2D eigenvalue weighted by Gasteiger charge is 2.20. The number of methoxy groups -OCH3 is 1. The van der Waals surface area contributed by atoms with E-state index in [2.05, 4.69) is 20.4 Å². The molecule has 140 valence electrons. The van der Waals surface area contributed by atoms with Gasteiger partial charge < -0.3 is 14.5 Å². The molecule has 1 aromatic carbocycles.